The maximum absolute atomic E-state index is 12.5. The molecule has 1 aromatic rings. The third kappa shape index (κ3) is 5.09. The van der Waals surface area contributed by atoms with E-state index in [1.54, 1.807) is 20.8 Å². The van der Waals surface area contributed by atoms with E-state index in [1.807, 2.05) is 4.90 Å². The smallest absolute Gasteiger partial charge is 0.311 e. The van der Waals surface area contributed by atoms with E-state index in [4.69, 9.17) is 4.74 Å². The number of carbonyl (C=O) groups is 2. The molecule has 1 aliphatic rings. The number of rotatable bonds is 9. The summed E-state index contributed by atoms with van der Waals surface area (Å²) in [5, 5.41) is 12.1. The summed E-state index contributed by atoms with van der Waals surface area (Å²) in [6.07, 6.45) is 1.23. The molecule has 0 bridgehead atoms. The van der Waals surface area contributed by atoms with Gasteiger partial charge in [-0.25, -0.2) is 4.98 Å². The Hall–Kier alpha value is -2.42. The topological polar surface area (TPSA) is 125 Å². The van der Waals surface area contributed by atoms with E-state index >= 15 is 0 Å². The number of aliphatic carboxylic acids is 1. The zero-order chi connectivity index (χ0) is 20.7. The molecule has 28 heavy (non-hydrogen) atoms. The Morgan fingerprint density at radius 1 is 1.29 bits per heavy atom. The molecule has 2 heterocycles. The third-order valence-electron chi connectivity index (χ3n) is 5.55. The number of nitrogens with one attached hydrogen (secondary N) is 2. The number of nitrogens with zero attached hydrogens (tertiary/aromatic N) is 2. The van der Waals surface area contributed by atoms with E-state index in [0.717, 1.165) is 0 Å². The number of anilines is 1. The summed E-state index contributed by atoms with van der Waals surface area (Å²) in [4.78, 5) is 45.4. The van der Waals surface area contributed by atoms with E-state index in [0.29, 0.717) is 56.4 Å². The highest BCUT2D eigenvalue weighted by molar-refractivity contribution is 5.79. The van der Waals surface area contributed by atoms with Crippen LogP contribution in [0.25, 0.3) is 0 Å². The first kappa shape index (κ1) is 21.9. The van der Waals surface area contributed by atoms with E-state index in [-0.39, 0.29) is 30.9 Å². The molecular formula is C19H30N4O5. The minimum Gasteiger partial charge on any atom is -0.481 e. The van der Waals surface area contributed by atoms with Crippen molar-refractivity contribution in [3.63, 3.8) is 0 Å². The number of carboxylic acid groups (broad SMARTS) is 1. The van der Waals surface area contributed by atoms with Crippen molar-refractivity contribution >= 4 is 17.8 Å². The second-order valence-electron chi connectivity index (χ2n) is 7.12. The van der Waals surface area contributed by atoms with Crippen LogP contribution in [0.2, 0.25) is 0 Å². The Labute approximate surface area is 164 Å². The molecule has 9 nitrogen and oxygen atoms in total. The molecule has 0 unspecified atom stereocenters. The normalized spacial score (nSPS) is 14.8. The highest BCUT2D eigenvalue weighted by Gasteiger charge is 2.35. The van der Waals surface area contributed by atoms with Crippen LogP contribution in [0.1, 0.15) is 44.4 Å². The molecule has 9 heteroatoms. The van der Waals surface area contributed by atoms with Crippen molar-refractivity contribution in [1.29, 1.82) is 0 Å². The molecule has 1 saturated heterocycles. The molecular weight excluding hydrogens is 364 g/mol. The Kier molecular flexibility index (Phi) is 7.56. The van der Waals surface area contributed by atoms with Gasteiger partial charge in [-0.15, -0.1) is 0 Å². The standard InChI is InChI=1S/C19H30N4O5/c1-4-19(5-2,17(26)27)12-20-15(24)7-6-14-13(3)21-18(22-16(14)25)23-8-10-28-11-9-23/h4-12H2,1-3H3,(H,20,24)(H,26,27)(H,21,22,25). The molecule has 0 spiro atoms. The van der Waals surface area contributed by atoms with Crippen molar-refractivity contribution < 1.29 is 19.4 Å². The number of aromatic amines is 1. The maximum Gasteiger partial charge on any atom is 0.311 e. The molecule has 1 aliphatic heterocycles. The number of hydrogen-bond donors (Lipinski definition) is 3. The first-order valence-corrected chi connectivity index (χ1v) is 9.75. The van der Waals surface area contributed by atoms with Crippen LogP contribution in [0.15, 0.2) is 4.79 Å². The number of aryl methyl sites for hydroxylation is 1. The predicted molar refractivity (Wildman–Crippen MR) is 105 cm³/mol. The molecule has 1 amide bonds. The summed E-state index contributed by atoms with van der Waals surface area (Å²) < 4.78 is 5.31. The largest absolute Gasteiger partial charge is 0.481 e. The summed E-state index contributed by atoms with van der Waals surface area (Å²) in [7, 11) is 0. The summed E-state index contributed by atoms with van der Waals surface area (Å²) in [6.45, 7) is 7.97. The minimum atomic E-state index is -0.954. The lowest BCUT2D eigenvalue weighted by Crippen LogP contribution is -2.42. The number of carboxylic acids is 1. The fourth-order valence-corrected chi connectivity index (χ4v) is 3.29. The highest BCUT2D eigenvalue weighted by Crippen LogP contribution is 2.25. The predicted octanol–water partition coefficient (Wildman–Crippen LogP) is 0.855. The SMILES string of the molecule is CCC(CC)(CNC(=O)CCc1c(C)nc(N2CCOCC2)[nH]c1=O)C(=O)O. The molecule has 0 radical (unpaired) electrons. The molecule has 2 rings (SSSR count). The van der Waals surface area contributed by atoms with Crippen molar-refractivity contribution in [2.24, 2.45) is 5.41 Å². The van der Waals surface area contributed by atoms with Crippen LogP contribution in [0.4, 0.5) is 5.95 Å². The summed E-state index contributed by atoms with van der Waals surface area (Å²) in [5.41, 5.74) is -0.129. The zero-order valence-corrected chi connectivity index (χ0v) is 16.8. The van der Waals surface area contributed by atoms with E-state index < -0.39 is 11.4 Å². The van der Waals surface area contributed by atoms with Crippen LogP contribution in [-0.2, 0) is 20.7 Å². The maximum atomic E-state index is 12.5. The molecule has 0 aromatic carbocycles. The molecule has 0 aliphatic carbocycles. The van der Waals surface area contributed by atoms with Gasteiger partial charge in [-0.05, 0) is 26.2 Å². The number of morpholine rings is 1. The average Bonchev–Trinajstić information content (AvgIpc) is 2.68. The Bertz CT molecular complexity index is 751. The van der Waals surface area contributed by atoms with E-state index in [2.05, 4.69) is 15.3 Å². The van der Waals surface area contributed by atoms with Gasteiger partial charge in [0.1, 0.15) is 0 Å². The van der Waals surface area contributed by atoms with E-state index in [1.165, 1.54) is 0 Å². The zero-order valence-electron chi connectivity index (χ0n) is 16.8. The van der Waals surface area contributed by atoms with Crippen LogP contribution >= 0.6 is 0 Å². The van der Waals surface area contributed by atoms with Gasteiger partial charge in [-0.2, -0.15) is 0 Å². The Morgan fingerprint density at radius 2 is 1.93 bits per heavy atom. The Morgan fingerprint density at radius 3 is 2.46 bits per heavy atom. The Balaban J connectivity index is 1.97. The van der Waals surface area contributed by atoms with Gasteiger partial charge in [0.15, 0.2) is 0 Å². The fraction of sp³-hybridized carbons (Fsp3) is 0.684. The van der Waals surface area contributed by atoms with Crippen LogP contribution in [0.3, 0.4) is 0 Å². The molecule has 0 atom stereocenters. The monoisotopic (exact) mass is 394 g/mol. The minimum absolute atomic E-state index is 0.0811. The van der Waals surface area contributed by atoms with E-state index in [9.17, 15) is 19.5 Å². The number of H-pyrrole nitrogens is 1. The second kappa shape index (κ2) is 9.68. The van der Waals surface area contributed by atoms with Crippen molar-refractivity contribution in [2.45, 2.75) is 46.5 Å². The first-order chi connectivity index (χ1) is 13.3. The lowest BCUT2D eigenvalue weighted by molar-refractivity contribution is -0.149. The summed E-state index contributed by atoms with van der Waals surface area (Å²) >= 11 is 0. The molecule has 156 valence electrons. The van der Waals surface area contributed by atoms with Crippen molar-refractivity contribution in [3.8, 4) is 0 Å². The number of amides is 1. The second-order valence-corrected chi connectivity index (χ2v) is 7.12. The van der Waals surface area contributed by atoms with Crippen LogP contribution in [-0.4, -0.2) is 59.8 Å². The summed E-state index contributed by atoms with van der Waals surface area (Å²) in [6, 6.07) is 0. The van der Waals surface area contributed by atoms with Crippen molar-refractivity contribution in [1.82, 2.24) is 15.3 Å². The lowest BCUT2D eigenvalue weighted by atomic mass is 9.82. The van der Waals surface area contributed by atoms with Gasteiger partial charge >= 0.3 is 5.97 Å². The van der Waals surface area contributed by atoms with Gasteiger partial charge in [0.05, 0.1) is 18.6 Å². The van der Waals surface area contributed by atoms with Crippen molar-refractivity contribution in [2.75, 3.05) is 37.7 Å². The number of carbonyl (C=O) groups excluding carboxylic acids is 1. The summed E-state index contributed by atoms with van der Waals surface area (Å²) in [5.74, 6) is -0.660. The van der Waals surface area contributed by atoms with Gasteiger partial charge in [-0.1, -0.05) is 13.8 Å². The van der Waals surface area contributed by atoms with Gasteiger partial charge in [0.2, 0.25) is 11.9 Å². The first-order valence-electron chi connectivity index (χ1n) is 9.75. The van der Waals surface area contributed by atoms with Crippen LogP contribution in [0.5, 0.6) is 0 Å². The molecule has 1 aromatic heterocycles. The van der Waals surface area contributed by atoms with Crippen LogP contribution in [0, 0.1) is 12.3 Å². The molecule has 1 fully saturated rings. The van der Waals surface area contributed by atoms with Gasteiger partial charge < -0.3 is 20.1 Å². The quantitative estimate of drug-likeness (QED) is 0.567. The molecule has 3 N–H and O–H groups in total. The lowest BCUT2D eigenvalue weighted by Gasteiger charge is -2.27. The average molecular weight is 394 g/mol. The van der Waals surface area contributed by atoms with Crippen molar-refractivity contribution in [3.05, 3.63) is 21.6 Å². The number of ether oxygens (including phenoxy) is 1. The third-order valence-corrected chi connectivity index (χ3v) is 5.55. The fourth-order valence-electron chi connectivity index (χ4n) is 3.29. The molecule has 0 saturated carbocycles. The van der Waals surface area contributed by atoms with Gasteiger partial charge in [-0.3, -0.25) is 19.4 Å². The number of aromatic nitrogens is 2. The van der Waals surface area contributed by atoms with Crippen LogP contribution < -0.4 is 15.8 Å². The van der Waals surface area contributed by atoms with Gasteiger partial charge in [0.25, 0.3) is 5.56 Å². The number of hydrogen-bond acceptors (Lipinski definition) is 6. The highest BCUT2D eigenvalue weighted by atomic mass is 16.5. The van der Waals surface area contributed by atoms with Gasteiger partial charge in [0, 0.05) is 37.3 Å².